The predicted octanol–water partition coefficient (Wildman–Crippen LogP) is 2.58. The summed E-state index contributed by atoms with van der Waals surface area (Å²) >= 11 is 3.43. The highest BCUT2D eigenvalue weighted by Crippen LogP contribution is 2.26. The van der Waals surface area contributed by atoms with Gasteiger partial charge in [-0.2, -0.15) is 5.10 Å². The van der Waals surface area contributed by atoms with Gasteiger partial charge < -0.3 is 0 Å². The van der Waals surface area contributed by atoms with Crippen molar-refractivity contribution in [1.29, 1.82) is 0 Å². The Bertz CT molecular complexity index is 599. The second-order valence-corrected chi connectivity index (χ2v) is 6.20. The zero-order chi connectivity index (χ0) is 15.4. The molecule has 1 aromatic heterocycles. The fourth-order valence-corrected chi connectivity index (χ4v) is 2.69. The molecule has 1 aromatic carbocycles. The zero-order valence-electron chi connectivity index (χ0n) is 12.1. The molecule has 1 atom stereocenters. The van der Waals surface area contributed by atoms with E-state index in [1.165, 1.54) is 18.5 Å². The van der Waals surface area contributed by atoms with Crippen LogP contribution in [0.4, 0.5) is 4.39 Å². The molecular weight excluding hydrogens is 337 g/mol. The molecule has 0 saturated carbocycles. The molecule has 5 nitrogen and oxygen atoms in total. The van der Waals surface area contributed by atoms with Crippen LogP contribution in [0.25, 0.3) is 0 Å². The quantitative estimate of drug-likeness (QED) is 0.617. The smallest absolute Gasteiger partial charge is 0.138 e. The van der Waals surface area contributed by atoms with Gasteiger partial charge in [0.1, 0.15) is 18.0 Å². The molecular formula is C14H19BrFN5. The largest absolute Gasteiger partial charge is 0.271 e. The van der Waals surface area contributed by atoms with E-state index in [2.05, 4.69) is 45.3 Å². The monoisotopic (exact) mass is 355 g/mol. The van der Waals surface area contributed by atoms with Gasteiger partial charge in [0.15, 0.2) is 0 Å². The summed E-state index contributed by atoms with van der Waals surface area (Å²) in [5.41, 5.74) is 3.49. The van der Waals surface area contributed by atoms with Crippen molar-refractivity contribution in [3.05, 3.63) is 46.2 Å². The number of nitrogens with zero attached hydrogens (tertiary/aromatic N) is 3. The predicted molar refractivity (Wildman–Crippen MR) is 82.7 cm³/mol. The third-order valence-corrected chi connectivity index (χ3v) is 3.88. The van der Waals surface area contributed by atoms with Gasteiger partial charge in [0.05, 0.1) is 6.04 Å². The van der Waals surface area contributed by atoms with Crippen LogP contribution in [0.2, 0.25) is 0 Å². The van der Waals surface area contributed by atoms with Gasteiger partial charge >= 0.3 is 0 Å². The molecule has 21 heavy (non-hydrogen) atoms. The molecule has 0 fully saturated rings. The number of hydrazine groups is 1. The third kappa shape index (κ3) is 4.09. The van der Waals surface area contributed by atoms with Crippen LogP contribution < -0.4 is 11.3 Å². The Morgan fingerprint density at radius 1 is 1.43 bits per heavy atom. The summed E-state index contributed by atoms with van der Waals surface area (Å²) in [7, 11) is 0. The van der Waals surface area contributed by atoms with Gasteiger partial charge in [-0.15, -0.1) is 0 Å². The Balaban J connectivity index is 2.23. The van der Waals surface area contributed by atoms with Gasteiger partial charge in [-0.25, -0.2) is 14.1 Å². The van der Waals surface area contributed by atoms with Crippen molar-refractivity contribution < 1.29 is 4.39 Å². The number of nitrogens with two attached hydrogens (primary N) is 1. The van der Waals surface area contributed by atoms with Crippen LogP contribution >= 0.6 is 15.9 Å². The van der Waals surface area contributed by atoms with E-state index in [1.807, 2.05) is 4.68 Å². The van der Waals surface area contributed by atoms with Crippen molar-refractivity contribution in [2.45, 2.75) is 32.9 Å². The molecule has 0 aliphatic heterocycles. The normalized spacial score (nSPS) is 12.9. The first-order chi connectivity index (χ1) is 10.0. The molecule has 0 saturated heterocycles. The van der Waals surface area contributed by atoms with E-state index in [9.17, 15) is 4.39 Å². The van der Waals surface area contributed by atoms with Gasteiger partial charge in [0, 0.05) is 17.4 Å². The van der Waals surface area contributed by atoms with Crippen molar-refractivity contribution in [2.24, 2.45) is 11.8 Å². The standard InChI is InChI=1S/C14H19BrFN5/c1-9(2)7-21-14(18-8-19-21)6-13(20-17)11-5-10(16)3-4-12(11)15/h3-5,8-9,13,20H,6-7,17H2,1-2H3. The van der Waals surface area contributed by atoms with E-state index in [-0.39, 0.29) is 11.9 Å². The number of aromatic nitrogens is 3. The molecule has 1 unspecified atom stereocenters. The molecule has 0 radical (unpaired) electrons. The van der Waals surface area contributed by atoms with Gasteiger partial charge in [-0.05, 0) is 29.7 Å². The first-order valence-electron chi connectivity index (χ1n) is 6.79. The summed E-state index contributed by atoms with van der Waals surface area (Å²) < 4.78 is 16.1. The lowest BCUT2D eigenvalue weighted by molar-refractivity contribution is 0.445. The van der Waals surface area contributed by atoms with E-state index in [1.54, 1.807) is 6.07 Å². The maximum Gasteiger partial charge on any atom is 0.138 e. The highest BCUT2D eigenvalue weighted by Gasteiger charge is 2.18. The van der Waals surface area contributed by atoms with Crippen molar-refractivity contribution in [2.75, 3.05) is 0 Å². The molecule has 0 amide bonds. The SMILES string of the molecule is CC(C)Cn1ncnc1CC(NN)c1cc(F)ccc1Br. The van der Waals surface area contributed by atoms with Crippen molar-refractivity contribution in [3.8, 4) is 0 Å². The van der Waals surface area contributed by atoms with Crippen LogP contribution in [-0.2, 0) is 13.0 Å². The molecule has 0 spiro atoms. The van der Waals surface area contributed by atoms with Crippen LogP contribution in [0, 0.1) is 11.7 Å². The van der Waals surface area contributed by atoms with E-state index in [0.717, 1.165) is 22.4 Å². The number of nitrogens with one attached hydrogen (secondary N) is 1. The first-order valence-corrected chi connectivity index (χ1v) is 7.58. The topological polar surface area (TPSA) is 68.8 Å². The Labute approximate surface area is 131 Å². The van der Waals surface area contributed by atoms with Crippen LogP contribution in [0.15, 0.2) is 29.0 Å². The van der Waals surface area contributed by atoms with E-state index < -0.39 is 0 Å². The highest BCUT2D eigenvalue weighted by atomic mass is 79.9. The van der Waals surface area contributed by atoms with E-state index >= 15 is 0 Å². The average Bonchev–Trinajstić information content (AvgIpc) is 2.85. The van der Waals surface area contributed by atoms with Gasteiger partial charge in [0.2, 0.25) is 0 Å². The molecule has 0 bridgehead atoms. The highest BCUT2D eigenvalue weighted by molar-refractivity contribution is 9.10. The molecule has 114 valence electrons. The summed E-state index contributed by atoms with van der Waals surface area (Å²) in [4.78, 5) is 4.28. The number of rotatable bonds is 6. The Morgan fingerprint density at radius 3 is 2.86 bits per heavy atom. The molecule has 2 aromatic rings. The summed E-state index contributed by atoms with van der Waals surface area (Å²) in [5.74, 6) is 6.64. The second-order valence-electron chi connectivity index (χ2n) is 5.34. The lowest BCUT2D eigenvalue weighted by Gasteiger charge is -2.18. The van der Waals surface area contributed by atoms with Crippen molar-refractivity contribution in [3.63, 3.8) is 0 Å². The first kappa shape index (κ1) is 16.1. The van der Waals surface area contributed by atoms with Crippen LogP contribution in [0.3, 0.4) is 0 Å². The van der Waals surface area contributed by atoms with Crippen molar-refractivity contribution in [1.82, 2.24) is 20.2 Å². The molecule has 0 aliphatic carbocycles. The van der Waals surface area contributed by atoms with Gasteiger partial charge in [-0.3, -0.25) is 11.3 Å². The van der Waals surface area contributed by atoms with Crippen molar-refractivity contribution >= 4 is 15.9 Å². The van der Waals surface area contributed by atoms with Gasteiger partial charge in [0.25, 0.3) is 0 Å². The molecule has 2 rings (SSSR count). The third-order valence-electron chi connectivity index (χ3n) is 3.16. The lowest BCUT2D eigenvalue weighted by atomic mass is 10.0. The Kier molecular flexibility index (Phi) is 5.44. The Hall–Kier alpha value is -1.31. The van der Waals surface area contributed by atoms with Crippen LogP contribution in [0.5, 0.6) is 0 Å². The maximum absolute atomic E-state index is 13.5. The zero-order valence-corrected chi connectivity index (χ0v) is 13.6. The average molecular weight is 356 g/mol. The number of hydrogen-bond donors (Lipinski definition) is 2. The number of hydrogen-bond acceptors (Lipinski definition) is 4. The van der Waals surface area contributed by atoms with E-state index in [0.29, 0.717) is 12.3 Å². The second kappa shape index (κ2) is 7.11. The fourth-order valence-electron chi connectivity index (χ4n) is 2.17. The summed E-state index contributed by atoms with van der Waals surface area (Å²) in [6.07, 6.45) is 2.07. The maximum atomic E-state index is 13.5. The number of benzene rings is 1. The minimum atomic E-state index is -0.294. The lowest BCUT2D eigenvalue weighted by Crippen LogP contribution is -2.31. The Morgan fingerprint density at radius 2 is 2.19 bits per heavy atom. The summed E-state index contributed by atoms with van der Waals surface area (Å²) in [6, 6.07) is 4.30. The molecule has 0 aliphatic rings. The fraction of sp³-hybridized carbons (Fsp3) is 0.429. The number of halogens is 2. The van der Waals surface area contributed by atoms with Gasteiger partial charge in [-0.1, -0.05) is 29.8 Å². The molecule has 1 heterocycles. The van der Waals surface area contributed by atoms with E-state index in [4.69, 9.17) is 5.84 Å². The van der Waals surface area contributed by atoms with Crippen LogP contribution in [0.1, 0.15) is 31.3 Å². The minimum absolute atomic E-state index is 0.245. The molecule has 7 heteroatoms. The van der Waals surface area contributed by atoms with Crippen LogP contribution in [-0.4, -0.2) is 14.8 Å². The minimum Gasteiger partial charge on any atom is -0.271 e. The summed E-state index contributed by atoms with van der Waals surface area (Å²) in [5, 5.41) is 4.23. The summed E-state index contributed by atoms with van der Waals surface area (Å²) in [6.45, 7) is 5.03. The molecule has 3 N–H and O–H groups in total.